The Morgan fingerprint density at radius 2 is 2.15 bits per heavy atom. The molecule has 1 aromatic rings. The maximum Gasteiger partial charge on any atom is 0.325 e. The highest BCUT2D eigenvalue weighted by atomic mass is 32.2. The number of rotatable bonds is 8. The van der Waals surface area contributed by atoms with Gasteiger partial charge in [-0.2, -0.15) is 0 Å². The van der Waals surface area contributed by atoms with E-state index in [-0.39, 0.29) is 5.97 Å². The molecule has 1 aromatic heterocycles. The van der Waals surface area contributed by atoms with Crippen LogP contribution in [0.3, 0.4) is 0 Å². The van der Waals surface area contributed by atoms with E-state index in [1.807, 2.05) is 19.1 Å². The van der Waals surface area contributed by atoms with E-state index >= 15 is 0 Å². The van der Waals surface area contributed by atoms with Gasteiger partial charge in [0.05, 0.1) is 7.11 Å². The molecule has 1 rings (SSSR count). The van der Waals surface area contributed by atoms with E-state index in [1.165, 1.54) is 7.11 Å². The van der Waals surface area contributed by atoms with Gasteiger partial charge in [-0.3, -0.25) is 9.78 Å². The monoisotopic (exact) mass is 296 g/mol. The molecule has 0 aromatic carbocycles. The first kappa shape index (κ1) is 17.0. The molecule has 112 valence electrons. The van der Waals surface area contributed by atoms with Crippen LogP contribution in [0.4, 0.5) is 0 Å². The van der Waals surface area contributed by atoms with Crippen molar-refractivity contribution in [2.75, 3.05) is 13.7 Å². The summed E-state index contributed by atoms with van der Waals surface area (Å²) in [4.78, 5) is 17.2. The summed E-state index contributed by atoms with van der Waals surface area (Å²) in [6.45, 7) is 6.93. The number of methoxy groups -OCH3 is 1. The molecule has 0 aliphatic carbocycles. The van der Waals surface area contributed by atoms with E-state index in [0.717, 1.165) is 17.9 Å². The molecule has 0 amide bonds. The summed E-state index contributed by atoms with van der Waals surface area (Å²) < 4.78 is 4.94. The Kier molecular flexibility index (Phi) is 7.02. The summed E-state index contributed by atoms with van der Waals surface area (Å²) in [5.41, 5.74) is -0.635. The molecule has 0 aliphatic rings. The van der Waals surface area contributed by atoms with Gasteiger partial charge in [-0.15, -0.1) is 11.8 Å². The number of hydrogen-bond acceptors (Lipinski definition) is 5. The van der Waals surface area contributed by atoms with E-state index in [4.69, 9.17) is 4.74 Å². The predicted octanol–water partition coefficient (Wildman–Crippen LogP) is 2.88. The van der Waals surface area contributed by atoms with Gasteiger partial charge >= 0.3 is 5.97 Å². The first-order chi connectivity index (χ1) is 9.51. The van der Waals surface area contributed by atoms with Crippen LogP contribution in [-0.4, -0.2) is 35.4 Å². The molecule has 20 heavy (non-hydrogen) atoms. The van der Waals surface area contributed by atoms with E-state index in [0.29, 0.717) is 11.7 Å². The predicted molar refractivity (Wildman–Crippen MR) is 82.9 cm³/mol. The summed E-state index contributed by atoms with van der Waals surface area (Å²) in [5.74, 6) is -0.201. The van der Waals surface area contributed by atoms with E-state index in [2.05, 4.69) is 24.1 Å². The smallest absolute Gasteiger partial charge is 0.325 e. The van der Waals surface area contributed by atoms with Crippen LogP contribution in [-0.2, 0) is 9.53 Å². The molecule has 0 radical (unpaired) electrons. The standard InChI is InChI=1S/C15H24N2O2S/c1-5-8-17-15(3,14(18)19-4)11-12(2)20-13-6-9-16-10-7-13/h6-7,9-10,12,17H,5,8,11H2,1-4H3. The highest BCUT2D eigenvalue weighted by molar-refractivity contribution is 7.99. The third kappa shape index (κ3) is 5.13. The number of pyridine rings is 1. The first-order valence-electron chi connectivity index (χ1n) is 6.92. The molecule has 0 saturated carbocycles. The van der Waals surface area contributed by atoms with Gasteiger partial charge in [0.2, 0.25) is 0 Å². The summed E-state index contributed by atoms with van der Waals surface area (Å²) >= 11 is 1.74. The van der Waals surface area contributed by atoms with Gasteiger partial charge in [0.15, 0.2) is 0 Å². The minimum atomic E-state index is -0.635. The quantitative estimate of drug-likeness (QED) is 0.590. The minimum absolute atomic E-state index is 0.201. The largest absolute Gasteiger partial charge is 0.468 e. The van der Waals surface area contributed by atoms with Crippen LogP contribution in [0.1, 0.15) is 33.6 Å². The molecular formula is C15H24N2O2S. The number of thioether (sulfide) groups is 1. The van der Waals surface area contributed by atoms with Crippen molar-refractivity contribution in [2.45, 2.75) is 49.3 Å². The lowest BCUT2D eigenvalue weighted by Crippen LogP contribution is -2.51. The second-order valence-electron chi connectivity index (χ2n) is 5.07. The summed E-state index contributed by atoms with van der Waals surface area (Å²) in [6.07, 6.45) is 5.26. The molecule has 4 nitrogen and oxygen atoms in total. The van der Waals surface area contributed by atoms with Crippen molar-refractivity contribution in [3.05, 3.63) is 24.5 Å². The van der Waals surface area contributed by atoms with Gasteiger partial charge in [0, 0.05) is 22.5 Å². The third-order valence-corrected chi connectivity index (χ3v) is 4.20. The Balaban J connectivity index is 2.66. The van der Waals surface area contributed by atoms with Crippen molar-refractivity contribution < 1.29 is 9.53 Å². The number of esters is 1. The first-order valence-corrected chi connectivity index (χ1v) is 7.80. The van der Waals surface area contributed by atoms with E-state index in [1.54, 1.807) is 24.2 Å². The molecule has 0 bridgehead atoms. The van der Waals surface area contributed by atoms with Crippen molar-refractivity contribution in [1.82, 2.24) is 10.3 Å². The molecular weight excluding hydrogens is 272 g/mol. The fourth-order valence-corrected chi connectivity index (χ4v) is 3.28. The Hall–Kier alpha value is -1.07. The number of carbonyl (C=O) groups is 1. The van der Waals surface area contributed by atoms with Crippen LogP contribution in [0.25, 0.3) is 0 Å². The maximum absolute atomic E-state index is 12.0. The van der Waals surface area contributed by atoms with Crippen LogP contribution in [0.2, 0.25) is 0 Å². The summed E-state index contributed by atoms with van der Waals surface area (Å²) in [6, 6.07) is 3.96. The lowest BCUT2D eigenvalue weighted by atomic mass is 9.96. The molecule has 0 spiro atoms. The molecule has 5 heteroatoms. The minimum Gasteiger partial charge on any atom is -0.468 e. The Labute approximate surface area is 125 Å². The SMILES string of the molecule is CCCNC(C)(CC(C)Sc1ccncc1)C(=O)OC. The third-order valence-electron chi connectivity index (χ3n) is 3.08. The van der Waals surface area contributed by atoms with Gasteiger partial charge in [-0.1, -0.05) is 13.8 Å². The number of aromatic nitrogens is 1. The topological polar surface area (TPSA) is 51.2 Å². The number of ether oxygens (including phenoxy) is 1. The number of nitrogens with zero attached hydrogens (tertiary/aromatic N) is 1. The molecule has 1 N–H and O–H groups in total. The van der Waals surface area contributed by atoms with Gasteiger partial charge in [0.1, 0.15) is 5.54 Å². The van der Waals surface area contributed by atoms with Crippen molar-refractivity contribution >= 4 is 17.7 Å². The maximum atomic E-state index is 12.0. The summed E-state index contributed by atoms with van der Waals surface area (Å²) in [7, 11) is 1.44. The zero-order chi connectivity index (χ0) is 15.0. The van der Waals surface area contributed by atoms with Gasteiger partial charge < -0.3 is 10.1 Å². The molecule has 0 aliphatic heterocycles. The van der Waals surface area contributed by atoms with E-state index in [9.17, 15) is 4.79 Å². The average molecular weight is 296 g/mol. The molecule has 1 heterocycles. The second kappa shape index (κ2) is 8.27. The zero-order valence-electron chi connectivity index (χ0n) is 12.7. The van der Waals surface area contributed by atoms with Crippen LogP contribution in [0.15, 0.2) is 29.4 Å². The van der Waals surface area contributed by atoms with Crippen LogP contribution >= 0.6 is 11.8 Å². The van der Waals surface area contributed by atoms with Crippen molar-refractivity contribution in [3.63, 3.8) is 0 Å². The van der Waals surface area contributed by atoms with Gasteiger partial charge in [-0.05, 0) is 38.4 Å². The highest BCUT2D eigenvalue weighted by Crippen LogP contribution is 2.28. The van der Waals surface area contributed by atoms with Crippen LogP contribution in [0, 0.1) is 0 Å². The number of nitrogens with one attached hydrogen (secondary N) is 1. The normalized spacial score (nSPS) is 15.4. The molecule has 2 unspecified atom stereocenters. The fraction of sp³-hybridized carbons (Fsp3) is 0.600. The van der Waals surface area contributed by atoms with Crippen molar-refractivity contribution in [2.24, 2.45) is 0 Å². The number of hydrogen-bond donors (Lipinski definition) is 1. The van der Waals surface area contributed by atoms with Crippen LogP contribution < -0.4 is 5.32 Å². The lowest BCUT2D eigenvalue weighted by molar-refractivity contribution is -0.148. The van der Waals surface area contributed by atoms with E-state index < -0.39 is 5.54 Å². The van der Waals surface area contributed by atoms with Crippen LogP contribution in [0.5, 0.6) is 0 Å². The zero-order valence-corrected chi connectivity index (χ0v) is 13.5. The van der Waals surface area contributed by atoms with Crippen molar-refractivity contribution in [1.29, 1.82) is 0 Å². The molecule has 0 fully saturated rings. The fourth-order valence-electron chi connectivity index (χ4n) is 2.12. The summed E-state index contributed by atoms with van der Waals surface area (Å²) in [5, 5.41) is 3.61. The average Bonchev–Trinajstić information content (AvgIpc) is 2.45. The van der Waals surface area contributed by atoms with Gasteiger partial charge in [0.25, 0.3) is 0 Å². The van der Waals surface area contributed by atoms with Gasteiger partial charge in [-0.25, -0.2) is 0 Å². The van der Waals surface area contributed by atoms with Crippen molar-refractivity contribution in [3.8, 4) is 0 Å². The second-order valence-corrected chi connectivity index (χ2v) is 6.58. The molecule has 0 saturated heterocycles. The lowest BCUT2D eigenvalue weighted by Gasteiger charge is -2.30. The Morgan fingerprint density at radius 3 is 2.70 bits per heavy atom. The number of carbonyl (C=O) groups excluding carboxylic acids is 1. The Bertz CT molecular complexity index is 414. The molecule has 2 atom stereocenters. The highest BCUT2D eigenvalue weighted by Gasteiger charge is 2.35. The Morgan fingerprint density at radius 1 is 1.50 bits per heavy atom.